The summed E-state index contributed by atoms with van der Waals surface area (Å²) < 4.78 is 0. The quantitative estimate of drug-likeness (QED) is 0.849. The minimum Gasteiger partial charge on any atom is -0.478 e. The van der Waals surface area contributed by atoms with Crippen LogP contribution in [0, 0.1) is 0 Å². The lowest BCUT2D eigenvalue weighted by Crippen LogP contribution is -2.29. The summed E-state index contributed by atoms with van der Waals surface area (Å²) in [6.45, 7) is 8.25. The highest BCUT2D eigenvalue weighted by atomic mass is 16.4. The van der Waals surface area contributed by atoms with E-state index in [0.29, 0.717) is 5.69 Å². The molecule has 5 nitrogen and oxygen atoms in total. The second-order valence-corrected chi connectivity index (χ2v) is 3.90. The Morgan fingerprint density at radius 2 is 1.38 bits per heavy atom. The van der Waals surface area contributed by atoms with Crippen LogP contribution in [0.2, 0.25) is 0 Å². The van der Waals surface area contributed by atoms with Gasteiger partial charge in [-0.3, -0.25) is 9.59 Å². The monoisotopic (exact) mass is 291 g/mol. The Morgan fingerprint density at radius 1 is 1.00 bits per heavy atom. The number of imide groups is 1. The van der Waals surface area contributed by atoms with Gasteiger partial charge in [-0.25, -0.2) is 9.69 Å². The third-order valence-corrected chi connectivity index (χ3v) is 2.18. The van der Waals surface area contributed by atoms with Crippen LogP contribution in [0.5, 0.6) is 0 Å². The molecular weight excluding hydrogens is 270 g/mol. The summed E-state index contributed by atoms with van der Waals surface area (Å²) in [5.74, 6) is -1.90. The second-order valence-electron chi connectivity index (χ2n) is 3.90. The Bertz CT molecular complexity index is 500. The Morgan fingerprint density at radius 3 is 1.71 bits per heavy atom. The molecule has 5 heteroatoms. The standard InChI is InChI=1S/C11H7NO4.C3H8.C2H6/c13-9-5-6-10(14)12(9)8-3-1-7(2-4-8)11(15)16;1-3-2;1-2/h1-6H,(H,15,16);3H2,1-2H3;1-2H3. The van der Waals surface area contributed by atoms with Gasteiger partial charge in [0.05, 0.1) is 11.3 Å². The lowest BCUT2D eigenvalue weighted by Gasteiger charge is -2.13. The smallest absolute Gasteiger partial charge is 0.335 e. The SMILES string of the molecule is CC.CCC.O=C(O)c1ccc(N2C(=O)C=CC2=O)cc1. The third kappa shape index (κ3) is 5.22. The molecule has 0 saturated heterocycles. The molecule has 21 heavy (non-hydrogen) atoms. The average Bonchev–Trinajstić information content (AvgIpc) is 2.81. The van der Waals surface area contributed by atoms with Crippen LogP contribution in [0.1, 0.15) is 44.5 Å². The fraction of sp³-hybridized carbons (Fsp3) is 0.312. The van der Waals surface area contributed by atoms with E-state index in [2.05, 4.69) is 13.8 Å². The Kier molecular flexibility index (Phi) is 8.37. The summed E-state index contributed by atoms with van der Waals surface area (Å²) in [5, 5.41) is 8.69. The predicted octanol–water partition coefficient (Wildman–Crippen LogP) is 3.26. The van der Waals surface area contributed by atoms with Crippen LogP contribution in [-0.4, -0.2) is 22.9 Å². The molecule has 0 saturated carbocycles. The third-order valence-electron chi connectivity index (χ3n) is 2.18. The molecule has 1 aromatic carbocycles. The maximum atomic E-state index is 11.3. The van der Waals surface area contributed by atoms with Crippen LogP contribution in [0.3, 0.4) is 0 Å². The van der Waals surface area contributed by atoms with Crippen molar-refractivity contribution in [2.75, 3.05) is 4.90 Å². The van der Waals surface area contributed by atoms with Crippen molar-refractivity contribution in [3.8, 4) is 0 Å². The van der Waals surface area contributed by atoms with E-state index < -0.39 is 17.8 Å². The number of benzene rings is 1. The minimum absolute atomic E-state index is 0.107. The van der Waals surface area contributed by atoms with Crippen LogP contribution in [0.4, 0.5) is 5.69 Å². The van der Waals surface area contributed by atoms with Crippen molar-refractivity contribution >= 4 is 23.5 Å². The van der Waals surface area contributed by atoms with Crippen LogP contribution in [0.25, 0.3) is 0 Å². The maximum absolute atomic E-state index is 11.3. The van der Waals surface area contributed by atoms with Crippen LogP contribution in [0.15, 0.2) is 36.4 Å². The molecule has 2 amide bonds. The van der Waals surface area contributed by atoms with Gasteiger partial charge >= 0.3 is 5.97 Å². The van der Waals surface area contributed by atoms with Gasteiger partial charge < -0.3 is 5.11 Å². The molecule has 114 valence electrons. The van der Waals surface area contributed by atoms with Gasteiger partial charge in [-0.1, -0.05) is 34.1 Å². The number of nitrogens with zero attached hydrogens (tertiary/aromatic N) is 1. The van der Waals surface area contributed by atoms with Gasteiger partial charge in [0.2, 0.25) is 0 Å². The van der Waals surface area contributed by atoms with Gasteiger partial charge in [-0.15, -0.1) is 0 Å². The number of hydrogen-bond acceptors (Lipinski definition) is 3. The van der Waals surface area contributed by atoms with Gasteiger partial charge in [-0.2, -0.15) is 0 Å². The Labute approximate surface area is 124 Å². The molecule has 0 aromatic heterocycles. The molecule has 0 fully saturated rings. The van der Waals surface area contributed by atoms with Crippen LogP contribution in [-0.2, 0) is 9.59 Å². The van der Waals surface area contributed by atoms with Crippen LogP contribution < -0.4 is 4.90 Å². The summed E-state index contributed by atoms with van der Waals surface area (Å²) in [5.41, 5.74) is 0.473. The van der Waals surface area contributed by atoms with E-state index in [4.69, 9.17) is 5.11 Å². The largest absolute Gasteiger partial charge is 0.478 e. The zero-order chi connectivity index (χ0) is 16.4. The summed E-state index contributed by atoms with van der Waals surface area (Å²) >= 11 is 0. The fourth-order valence-corrected chi connectivity index (χ4v) is 1.41. The molecule has 0 aliphatic carbocycles. The number of carbonyl (C=O) groups excluding carboxylic acids is 2. The average molecular weight is 291 g/mol. The number of carboxylic acid groups (broad SMARTS) is 1. The van der Waals surface area contributed by atoms with Gasteiger partial charge in [0.1, 0.15) is 0 Å². The number of hydrogen-bond donors (Lipinski definition) is 1. The second kappa shape index (κ2) is 9.47. The lowest BCUT2D eigenvalue weighted by atomic mass is 10.2. The van der Waals surface area contributed by atoms with Crippen molar-refractivity contribution in [2.45, 2.75) is 34.1 Å². The molecule has 2 rings (SSSR count). The molecule has 1 aliphatic rings. The molecule has 0 unspecified atom stereocenters. The molecule has 0 radical (unpaired) electrons. The van der Waals surface area contributed by atoms with Crippen molar-refractivity contribution in [2.24, 2.45) is 0 Å². The van der Waals surface area contributed by atoms with Gasteiger partial charge in [-0.05, 0) is 24.3 Å². The summed E-state index contributed by atoms with van der Waals surface area (Å²) in [6.07, 6.45) is 3.60. The summed E-state index contributed by atoms with van der Waals surface area (Å²) in [7, 11) is 0. The number of rotatable bonds is 2. The highest BCUT2D eigenvalue weighted by Gasteiger charge is 2.24. The van der Waals surface area contributed by atoms with Crippen molar-refractivity contribution in [3.05, 3.63) is 42.0 Å². The van der Waals surface area contributed by atoms with Crippen molar-refractivity contribution in [1.29, 1.82) is 0 Å². The Balaban J connectivity index is 0.000000713. The first-order chi connectivity index (χ1) is 10.0. The molecule has 0 bridgehead atoms. The molecule has 1 heterocycles. The minimum atomic E-state index is -1.05. The van der Waals surface area contributed by atoms with Gasteiger partial charge in [0, 0.05) is 12.2 Å². The van der Waals surface area contributed by atoms with E-state index in [1.807, 2.05) is 13.8 Å². The zero-order valence-corrected chi connectivity index (χ0v) is 12.8. The number of carboxylic acids is 1. The molecule has 1 aliphatic heterocycles. The Hall–Kier alpha value is -2.43. The van der Waals surface area contributed by atoms with Crippen molar-refractivity contribution in [3.63, 3.8) is 0 Å². The van der Waals surface area contributed by atoms with E-state index in [-0.39, 0.29) is 5.56 Å². The molecule has 1 N–H and O–H groups in total. The fourth-order valence-electron chi connectivity index (χ4n) is 1.41. The van der Waals surface area contributed by atoms with E-state index in [0.717, 1.165) is 4.90 Å². The molecule has 1 aromatic rings. The highest BCUT2D eigenvalue weighted by molar-refractivity contribution is 6.28. The van der Waals surface area contributed by atoms with E-state index in [1.54, 1.807) is 0 Å². The number of amides is 2. The first-order valence-electron chi connectivity index (χ1n) is 6.90. The topological polar surface area (TPSA) is 74.7 Å². The lowest BCUT2D eigenvalue weighted by molar-refractivity contribution is -0.119. The first-order valence-corrected chi connectivity index (χ1v) is 6.90. The molecule has 0 spiro atoms. The van der Waals surface area contributed by atoms with E-state index in [9.17, 15) is 14.4 Å². The molecule has 0 atom stereocenters. The van der Waals surface area contributed by atoms with Crippen molar-refractivity contribution in [1.82, 2.24) is 0 Å². The van der Waals surface area contributed by atoms with Gasteiger partial charge in [0.25, 0.3) is 11.8 Å². The zero-order valence-electron chi connectivity index (χ0n) is 12.8. The predicted molar refractivity (Wildman–Crippen MR) is 82.3 cm³/mol. The van der Waals surface area contributed by atoms with Gasteiger partial charge in [0.15, 0.2) is 0 Å². The summed E-state index contributed by atoms with van der Waals surface area (Å²) in [6, 6.07) is 5.53. The summed E-state index contributed by atoms with van der Waals surface area (Å²) in [4.78, 5) is 34.2. The van der Waals surface area contributed by atoms with Crippen LogP contribution >= 0.6 is 0 Å². The number of aromatic carboxylic acids is 1. The van der Waals surface area contributed by atoms with E-state index >= 15 is 0 Å². The first kappa shape index (κ1) is 18.6. The molecular formula is C16H21NO4. The highest BCUT2D eigenvalue weighted by Crippen LogP contribution is 2.19. The normalized spacial score (nSPS) is 12.3. The van der Waals surface area contributed by atoms with E-state index in [1.165, 1.54) is 42.8 Å². The number of carbonyl (C=O) groups is 3. The number of anilines is 1. The maximum Gasteiger partial charge on any atom is 0.335 e. The van der Waals surface area contributed by atoms with Crippen molar-refractivity contribution < 1.29 is 19.5 Å².